The number of rotatable bonds is 3. The van der Waals surface area contributed by atoms with Crippen LogP contribution in [-0.4, -0.2) is 52.8 Å². The molecular formula is C23H23N3O2S. The average Bonchev–Trinajstić information content (AvgIpc) is 3.12. The van der Waals surface area contributed by atoms with Gasteiger partial charge in [-0.05, 0) is 25.5 Å². The number of thiazole rings is 1. The van der Waals surface area contributed by atoms with Gasteiger partial charge in [0.15, 0.2) is 0 Å². The molecular weight excluding hydrogens is 382 g/mol. The molecule has 0 N–H and O–H groups in total. The normalized spacial score (nSPS) is 14.5. The number of aryl methyl sites for hydroxylation is 1. The maximum atomic E-state index is 13.0. The van der Waals surface area contributed by atoms with E-state index in [1.165, 1.54) is 11.3 Å². The maximum absolute atomic E-state index is 13.0. The lowest BCUT2D eigenvalue weighted by Gasteiger charge is -2.22. The molecule has 1 saturated heterocycles. The van der Waals surface area contributed by atoms with Gasteiger partial charge in [0.1, 0.15) is 10.7 Å². The highest BCUT2D eigenvalue weighted by Crippen LogP contribution is 2.24. The van der Waals surface area contributed by atoms with Crippen molar-refractivity contribution in [2.24, 2.45) is 0 Å². The monoisotopic (exact) mass is 405 g/mol. The van der Waals surface area contributed by atoms with Crippen molar-refractivity contribution in [3.8, 4) is 10.6 Å². The number of nitrogens with zero attached hydrogens (tertiary/aromatic N) is 3. The van der Waals surface area contributed by atoms with Crippen LogP contribution in [0.4, 0.5) is 0 Å². The highest BCUT2D eigenvalue weighted by atomic mass is 32.1. The highest BCUT2D eigenvalue weighted by Gasteiger charge is 2.25. The fraction of sp³-hybridized carbons (Fsp3) is 0.261. The number of hydrogen-bond donors (Lipinski definition) is 0. The first-order chi connectivity index (χ1) is 14.1. The second-order valence-corrected chi connectivity index (χ2v) is 8.07. The minimum Gasteiger partial charge on any atom is -0.337 e. The second kappa shape index (κ2) is 8.57. The molecule has 0 unspecified atom stereocenters. The Bertz CT molecular complexity index is 1020. The van der Waals surface area contributed by atoms with E-state index in [-0.39, 0.29) is 11.8 Å². The van der Waals surface area contributed by atoms with Gasteiger partial charge in [0, 0.05) is 42.7 Å². The Labute approximate surface area is 174 Å². The fourth-order valence-corrected chi connectivity index (χ4v) is 4.33. The molecule has 4 rings (SSSR count). The third-order valence-corrected chi connectivity index (χ3v) is 5.97. The predicted octanol–water partition coefficient (Wildman–Crippen LogP) is 4.11. The molecule has 2 amide bonds. The minimum atomic E-state index is -0.0618. The molecule has 0 atom stereocenters. The Morgan fingerprint density at radius 1 is 0.897 bits per heavy atom. The molecule has 148 valence electrons. The van der Waals surface area contributed by atoms with Crippen LogP contribution in [0.5, 0.6) is 0 Å². The van der Waals surface area contributed by atoms with E-state index in [4.69, 9.17) is 0 Å². The van der Waals surface area contributed by atoms with E-state index in [0.717, 1.165) is 22.6 Å². The Balaban J connectivity index is 1.43. The number of carbonyl (C=O) groups is 2. The van der Waals surface area contributed by atoms with E-state index in [2.05, 4.69) is 4.98 Å². The van der Waals surface area contributed by atoms with Gasteiger partial charge in [0.05, 0.1) is 0 Å². The average molecular weight is 406 g/mol. The van der Waals surface area contributed by atoms with E-state index in [1.54, 1.807) is 0 Å². The van der Waals surface area contributed by atoms with Crippen LogP contribution in [-0.2, 0) is 0 Å². The van der Waals surface area contributed by atoms with E-state index in [9.17, 15) is 9.59 Å². The summed E-state index contributed by atoms with van der Waals surface area (Å²) in [5.74, 6) is -0.0312. The molecule has 0 radical (unpaired) electrons. The molecule has 29 heavy (non-hydrogen) atoms. The molecule has 2 heterocycles. The Hall–Kier alpha value is -2.99. The van der Waals surface area contributed by atoms with Crippen LogP contribution in [0, 0.1) is 6.92 Å². The first-order valence-electron chi connectivity index (χ1n) is 9.78. The SMILES string of the molecule is Cc1cccc(C(=O)N2CCCN(C(=O)c3csc(-c4ccccc4)n3)CC2)c1. The molecule has 0 saturated carbocycles. The smallest absolute Gasteiger partial charge is 0.273 e. The van der Waals surface area contributed by atoms with Crippen molar-refractivity contribution in [1.29, 1.82) is 0 Å². The quantitative estimate of drug-likeness (QED) is 0.659. The van der Waals surface area contributed by atoms with Crippen LogP contribution in [0.1, 0.15) is 32.8 Å². The van der Waals surface area contributed by atoms with Crippen LogP contribution in [0.25, 0.3) is 10.6 Å². The highest BCUT2D eigenvalue weighted by molar-refractivity contribution is 7.13. The van der Waals surface area contributed by atoms with E-state index >= 15 is 0 Å². The van der Waals surface area contributed by atoms with Gasteiger partial charge in [0.25, 0.3) is 11.8 Å². The Morgan fingerprint density at radius 3 is 2.34 bits per heavy atom. The third kappa shape index (κ3) is 4.38. The van der Waals surface area contributed by atoms with Gasteiger partial charge in [-0.1, -0.05) is 48.0 Å². The van der Waals surface area contributed by atoms with Crippen molar-refractivity contribution in [3.63, 3.8) is 0 Å². The number of amides is 2. The van der Waals surface area contributed by atoms with Crippen LogP contribution in [0.2, 0.25) is 0 Å². The number of hydrogen-bond acceptors (Lipinski definition) is 4. The second-order valence-electron chi connectivity index (χ2n) is 7.21. The molecule has 0 bridgehead atoms. The fourth-order valence-electron chi connectivity index (χ4n) is 3.53. The Kier molecular flexibility index (Phi) is 5.71. The standard InChI is InChI=1S/C23H23N3O2S/c1-17-7-5-10-19(15-17)22(27)25-11-6-12-26(14-13-25)23(28)20-16-29-21(24-20)18-8-3-2-4-9-18/h2-5,7-10,15-16H,6,11-14H2,1H3. The molecule has 5 nitrogen and oxygen atoms in total. The summed E-state index contributed by atoms with van der Waals surface area (Å²) in [7, 11) is 0. The summed E-state index contributed by atoms with van der Waals surface area (Å²) in [6.45, 7) is 4.33. The lowest BCUT2D eigenvalue weighted by atomic mass is 10.1. The largest absolute Gasteiger partial charge is 0.337 e. The van der Waals surface area contributed by atoms with Crippen LogP contribution >= 0.6 is 11.3 Å². The van der Waals surface area contributed by atoms with Gasteiger partial charge < -0.3 is 9.80 Å². The first-order valence-corrected chi connectivity index (χ1v) is 10.7. The summed E-state index contributed by atoms with van der Waals surface area (Å²) in [5.41, 5.74) is 3.27. The zero-order valence-electron chi connectivity index (χ0n) is 16.4. The third-order valence-electron chi connectivity index (χ3n) is 5.08. The van der Waals surface area contributed by atoms with Gasteiger partial charge in [-0.3, -0.25) is 9.59 Å². The van der Waals surface area contributed by atoms with E-state index < -0.39 is 0 Å². The predicted molar refractivity (Wildman–Crippen MR) is 115 cm³/mol. The summed E-state index contributed by atoms with van der Waals surface area (Å²) < 4.78 is 0. The number of benzene rings is 2. The summed E-state index contributed by atoms with van der Waals surface area (Å²) in [5, 5.41) is 2.67. The summed E-state index contributed by atoms with van der Waals surface area (Å²) in [6.07, 6.45) is 0.763. The number of carbonyl (C=O) groups excluding carboxylic acids is 2. The van der Waals surface area contributed by atoms with Crippen molar-refractivity contribution in [3.05, 3.63) is 76.8 Å². The van der Waals surface area contributed by atoms with E-state index in [1.807, 2.05) is 76.7 Å². The molecule has 1 aliphatic heterocycles. The van der Waals surface area contributed by atoms with Gasteiger partial charge in [-0.25, -0.2) is 4.98 Å². The summed E-state index contributed by atoms with van der Waals surface area (Å²) in [6, 6.07) is 17.5. The number of aromatic nitrogens is 1. The molecule has 0 spiro atoms. The van der Waals surface area contributed by atoms with Gasteiger partial charge >= 0.3 is 0 Å². The van der Waals surface area contributed by atoms with Crippen molar-refractivity contribution in [1.82, 2.24) is 14.8 Å². The van der Waals surface area contributed by atoms with Crippen LogP contribution < -0.4 is 0 Å². The van der Waals surface area contributed by atoms with Crippen molar-refractivity contribution in [2.75, 3.05) is 26.2 Å². The minimum absolute atomic E-state index is 0.0306. The molecule has 3 aromatic rings. The lowest BCUT2D eigenvalue weighted by molar-refractivity contribution is 0.0716. The van der Waals surface area contributed by atoms with Crippen molar-refractivity contribution in [2.45, 2.75) is 13.3 Å². The topological polar surface area (TPSA) is 53.5 Å². The first kappa shape index (κ1) is 19.3. The molecule has 0 aliphatic carbocycles. The van der Waals surface area contributed by atoms with Gasteiger partial charge in [-0.2, -0.15) is 0 Å². The summed E-state index contributed by atoms with van der Waals surface area (Å²) in [4.78, 5) is 34.0. The maximum Gasteiger partial charge on any atom is 0.273 e. The van der Waals surface area contributed by atoms with Gasteiger partial charge in [0.2, 0.25) is 0 Å². The Morgan fingerprint density at radius 2 is 1.62 bits per heavy atom. The van der Waals surface area contributed by atoms with Crippen LogP contribution in [0.15, 0.2) is 60.0 Å². The van der Waals surface area contributed by atoms with Crippen molar-refractivity contribution < 1.29 is 9.59 Å². The molecule has 2 aromatic carbocycles. The van der Waals surface area contributed by atoms with E-state index in [0.29, 0.717) is 37.4 Å². The lowest BCUT2D eigenvalue weighted by Crippen LogP contribution is -2.37. The molecule has 1 aliphatic rings. The van der Waals surface area contributed by atoms with Gasteiger partial charge in [-0.15, -0.1) is 11.3 Å². The van der Waals surface area contributed by atoms with Crippen LogP contribution in [0.3, 0.4) is 0 Å². The molecule has 1 aromatic heterocycles. The zero-order valence-corrected chi connectivity index (χ0v) is 17.2. The molecule has 6 heteroatoms. The molecule has 1 fully saturated rings. The zero-order chi connectivity index (χ0) is 20.2. The summed E-state index contributed by atoms with van der Waals surface area (Å²) >= 11 is 1.48. The van der Waals surface area contributed by atoms with Crippen molar-refractivity contribution >= 4 is 23.2 Å².